The first kappa shape index (κ1) is 21.8. The van der Waals surface area contributed by atoms with Crippen molar-refractivity contribution in [2.75, 3.05) is 31.8 Å². The third kappa shape index (κ3) is 5.27. The summed E-state index contributed by atoms with van der Waals surface area (Å²) in [5.41, 5.74) is 5.23. The predicted octanol–water partition coefficient (Wildman–Crippen LogP) is 1.22. The molecule has 0 saturated heterocycles. The molecule has 0 fully saturated rings. The number of sulfonamides is 1. The molecule has 2 aromatic rings. The SMILES string of the molecule is CN(C)S(=O)(=O)c1cccc(NC(=O)COC(=O)c2ccc([N+](=O)[O-])cc2N)c1. The van der Waals surface area contributed by atoms with Gasteiger partial charge in [0.15, 0.2) is 6.61 Å². The highest BCUT2D eigenvalue weighted by atomic mass is 32.2. The highest BCUT2D eigenvalue weighted by molar-refractivity contribution is 7.89. The van der Waals surface area contributed by atoms with Crippen LogP contribution in [0.2, 0.25) is 0 Å². The molecule has 154 valence electrons. The molecule has 3 N–H and O–H groups in total. The summed E-state index contributed by atoms with van der Waals surface area (Å²) in [5.74, 6) is -1.64. The van der Waals surface area contributed by atoms with Crippen LogP contribution in [0.25, 0.3) is 0 Å². The van der Waals surface area contributed by atoms with Gasteiger partial charge in [-0.15, -0.1) is 0 Å². The van der Waals surface area contributed by atoms with E-state index in [0.29, 0.717) is 0 Å². The molecule has 0 atom stereocenters. The molecule has 0 aliphatic heterocycles. The van der Waals surface area contributed by atoms with Gasteiger partial charge in [-0.3, -0.25) is 14.9 Å². The molecular weight excluding hydrogens is 404 g/mol. The Kier molecular flexibility index (Phi) is 6.51. The van der Waals surface area contributed by atoms with Gasteiger partial charge in [-0.1, -0.05) is 6.07 Å². The van der Waals surface area contributed by atoms with Gasteiger partial charge >= 0.3 is 5.97 Å². The number of esters is 1. The molecule has 0 aliphatic carbocycles. The van der Waals surface area contributed by atoms with Crippen LogP contribution in [0.15, 0.2) is 47.4 Å². The lowest BCUT2D eigenvalue weighted by atomic mass is 10.1. The molecule has 0 spiro atoms. The van der Waals surface area contributed by atoms with Gasteiger partial charge < -0.3 is 15.8 Å². The number of carbonyl (C=O) groups excluding carboxylic acids is 2. The van der Waals surface area contributed by atoms with E-state index >= 15 is 0 Å². The molecule has 29 heavy (non-hydrogen) atoms. The predicted molar refractivity (Wildman–Crippen MR) is 104 cm³/mol. The van der Waals surface area contributed by atoms with Crippen molar-refractivity contribution < 1.29 is 27.7 Å². The van der Waals surface area contributed by atoms with Crippen LogP contribution < -0.4 is 11.1 Å². The molecule has 0 saturated carbocycles. The fourth-order valence-corrected chi connectivity index (χ4v) is 3.15. The van der Waals surface area contributed by atoms with Crippen molar-refractivity contribution in [3.05, 3.63) is 58.1 Å². The van der Waals surface area contributed by atoms with Gasteiger partial charge in [0.2, 0.25) is 10.0 Å². The number of nitro benzene ring substituents is 1. The van der Waals surface area contributed by atoms with E-state index in [2.05, 4.69) is 5.32 Å². The number of amides is 1. The number of ether oxygens (including phenoxy) is 1. The van der Waals surface area contributed by atoms with Crippen LogP contribution in [-0.2, 0) is 19.6 Å². The van der Waals surface area contributed by atoms with E-state index in [1.54, 1.807) is 0 Å². The number of anilines is 2. The summed E-state index contributed by atoms with van der Waals surface area (Å²) in [6.07, 6.45) is 0. The van der Waals surface area contributed by atoms with Gasteiger partial charge in [-0.25, -0.2) is 17.5 Å². The van der Waals surface area contributed by atoms with Gasteiger partial charge in [0, 0.05) is 31.9 Å². The third-order valence-corrected chi connectivity index (χ3v) is 5.51. The number of hydrogen-bond acceptors (Lipinski definition) is 8. The summed E-state index contributed by atoms with van der Waals surface area (Å²) in [7, 11) is -0.919. The third-order valence-electron chi connectivity index (χ3n) is 3.70. The smallest absolute Gasteiger partial charge is 0.340 e. The quantitative estimate of drug-likeness (QED) is 0.291. The van der Waals surface area contributed by atoms with Crippen LogP contribution in [0, 0.1) is 10.1 Å². The number of nitro groups is 1. The fraction of sp³-hybridized carbons (Fsp3) is 0.176. The lowest BCUT2D eigenvalue weighted by molar-refractivity contribution is -0.384. The Morgan fingerprint density at radius 3 is 2.48 bits per heavy atom. The molecule has 0 aromatic heterocycles. The molecule has 0 aliphatic rings. The summed E-state index contributed by atoms with van der Waals surface area (Å²) in [5, 5.41) is 13.1. The van der Waals surface area contributed by atoms with Crippen molar-refractivity contribution in [1.82, 2.24) is 4.31 Å². The molecular formula is C17H18N4O7S. The topological polar surface area (TPSA) is 162 Å². The summed E-state index contributed by atoms with van der Waals surface area (Å²) < 4.78 is 30.1. The molecule has 0 bridgehead atoms. The fourth-order valence-electron chi connectivity index (χ4n) is 2.20. The zero-order valence-electron chi connectivity index (χ0n) is 15.5. The van der Waals surface area contributed by atoms with E-state index in [4.69, 9.17) is 10.5 Å². The summed E-state index contributed by atoms with van der Waals surface area (Å²) in [6, 6.07) is 8.80. The number of nitrogen functional groups attached to an aromatic ring is 1. The summed E-state index contributed by atoms with van der Waals surface area (Å²) in [4.78, 5) is 34.0. The first-order chi connectivity index (χ1) is 13.5. The zero-order chi connectivity index (χ0) is 21.8. The number of hydrogen-bond donors (Lipinski definition) is 2. The minimum Gasteiger partial charge on any atom is -0.452 e. The van der Waals surface area contributed by atoms with E-state index in [1.165, 1.54) is 38.4 Å². The van der Waals surface area contributed by atoms with Gasteiger partial charge in [-0.2, -0.15) is 0 Å². The number of nitrogens with two attached hydrogens (primary N) is 1. The van der Waals surface area contributed by atoms with E-state index in [-0.39, 0.29) is 27.5 Å². The Balaban J connectivity index is 2.02. The van der Waals surface area contributed by atoms with Crippen molar-refractivity contribution in [1.29, 1.82) is 0 Å². The monoisotopic (exact) mass is 422 g/mol. The highest BCUT2D eigenvalue weighted by Crippen LogP contribution is 2.21. The summed E-state index contributed by atoms with van der Waals surface area (Å²) >= 11 is 0. The minimum atomic E-state index is -3.68. The Labute approximate surface area is 166 Å². The van der Waals surface area contributed by atoms with Crippen molar-refractivity contribution in [3.63, 3.8) is 0 Å². The molecule has 1 amide bonds. The summed E-state index contributed by atoms with van der Waals surface area (Å²) in [6.45, 7) is -0.667. The van der Waals surface area contributed by atoms with Crippen LogP contribution in [0.4, 0.5) is 17.1 Å². The average molecular weight is 422 g/mol. The van der Waals surface area contributed by atoms with Crippen LogP contribution in [0.5, 0.6) is 0 Å². The van der Waals surface area contributed by atoms with Gasteiger partial charge in [0.25, 0.3) is 11.6 Å². The second-order valence-electron chi connectivity index (χ2n) is 5.97. The number of nitrogens with zero attached hydrogens (tertiary/aromatic N) is 2. The van der Waals surface area contributed by atoms with E-state index in [1.807, 2.05) is 0 Å². The second kappa shape index (κ2) is 8.67. The maximum atomic E-state index is 12.1. The highest BCUT2D eigenvalue weighted by Gasteiger charge is 2.19. The van der Waals surface area contributed by atoms with Crippen LogP contribution >= 0.6 is 0 Å². The van der Waals surface area contributed by atoms with E-state index < -0.39 is 33.4 Å². The van der Waals surface area contributed by atoms with Crippen molar-refractivity contribution in [3.8, 4) is 0 Å². The molecule has 0 unspecified atom stereocenters. The van der Waals surface area contributed by atoms with Crippen LogP contribution in [0.3, 0.4) is 0 Å². The normalized spacial score (nSPS) is 11.1. The average Bonchev–Trinajstić information content (AvgIpc) is 2.66. The number of nitrogens with one attached hydrogen (secondary N) is 1. The van der Waals surface area contributed by atoms with Gasteiger partial charge in [0.1, 0.15) is 0 Å². The Hall–Kier alpha value is -3.51. The number of benzene rings is 2. The first-order valence-electron chi connectivity index (χ1n) is 8.06. The number of rotatable bonds is 7. The van der Waals surface area contributed by atoms with E-state index in [9.17, 15) is 28.1 Å². The van der Waals surface area contributed by atoms with Gasteiger partial charge in [0.05, 0.1) is 21.1 Å². The molecule has 12 heteroatoms. The lowest BCUT2D eigenvalue weighted by Gasteiger charge is -2.13. The van der Waals surface area contributed by atoms with Gasteiger partial charge in [-0.05, 0) is 24.3 Å². The lowest BCUT2D eigenvalue weighted by Crippen LogP contribution is -2.23. The van der Waals surface area contributed by atoms with E-state index in [0.717, 1.165) is 22.5 Å². The van der Waals surface area contributed by atoms with Crippen LogP contribution in [-0.4, -0.2) is 50.2 Å². The zero-order valence-corrected chi connectivity index (χ0v) is 16.3. The Bertz CT molecular complexity index is 1070. The second-order valence-corrected chi connectivity index (χ2v) is 8.12. The van der Waals surface area contributed by atoms with Crippen LogP contribution in [0.1, 0.15) is 10.4 Å². The number of carbonyl (C=O) groups is 2. The van der Waals surface area contributed by atoms with Crippen molar-refractivity contribution in [2.24, 2.45) is 0 Å². The maximum Gasteiger partial charge on any atom is 0.340 e. The van der Waals surface area contributed by atoms with Crippen molar-refractivity contribution in [2.45, 2.75) is 4.90 Å². The molecule has 0 heterocycles. The Morgan fingerprint density at radius 1 is 1.21 bits per heavy atom. The first-order valence-corrected chi connectivity index (χ1v) is 9.50. The Morgan fingerprint density at radius 2 is 1.90 bits per heavy atom. The molecule has 2 aromatic carbocycles. The molecule has 2 rings (SSSR count). The number of non-ortho nitro benzene ring substituents is 1. The minimum absolute atomic E-state index is 0.0176. The largest absolute Gasteiger partial charge is 0.452 e. The van der Waals surface area contributed by atoms with Crippen molar-refractivity contribution >= 4 is 39.0 Å². The molecule has 11 nitrogen and oxygen atoms in total. The molecule has 0 radical (unpaired) electrons. The standard InChI is InChI=1S/C17H18N4O7S/c1-20(2)29(26,27)13-5-3-4-11(8-13)19-16(22)10-28-17(23)14-7-6-12(21(24)25)9-15(14)18/h3-9H,10,18H2,1-2H3,(H,19,22). The maximum absolute atomic E-state index is 12.1.